The molecule has 1 aromatic rings. The van der Waals surface area contributed by atoms with Crippen molar-refractivity contribution in [2.45, 2.75) is 38.8 Å². The summed E-state index contributed by atoms with van der Waals surface area (Å²) in [6.45, 7) is 16.2. The van der Waals surface area contributed by atoms with Crippen LogP contribution in [0.2, 0.25) is 0 Å². The van der Waals surface area contributed by atoms with Crippen LogP contribution in [-0.4, -0.2) is 212 Å². The van der Waals surface area contributed by atoms with Gasteiger partial charge in [0.2, 0.25) is 11.8 Å². The van der Waals surface area contributed by atoms with E-state index in [1.54, 1.807) is 18.2 Å². The van der Waals surface area contributed by atoms with Crippen LogP contribution in [0.15, 0.2) is 18.2 Å². The Labute approximate surface area is 365 Å². The Morgan fingerprint density at radius 2 is 0.903 bits per heavy atom. The molecule has 2 aliphatic heterocycles. The van der Waals surface area contributed by atoms with Gasteiger partial charge >= 0.3 is 0 Å². The molecule has 0 aromatic heterocycles. The lowest BCUT2D eigenvalue weighted by Gasteiger charge is -2.27. The molecular weight excluding hydrogens is 818 g/mol. The lowest BCUT2D eigenvalue weighted by atomic mass is 10.0. The Bertz CT molecular complexity index is 1370. The van der Waals surface area contributed by atoms with E-state index in [2.05, 4.69) is 10.6 Å². The van der Waals surface area contributed by atoms with E-state index >= 15 is 0 Å². The Hall–Kier alpha value is -3.22. The number of benzene rings is 1. The van der Waals surface area contributed by atoms with Gasteiger partial charge in [-0.25, -0.2) is 0 Å². The smallest absolute Gasteiger partial charge is 0.264 e. The molecule has 2 N–H and O–H groups in total. The van der Waals surface area contributed by atoms with E-state index in [0.717, 1.165) is 4.90 Å². The number of nitrogens with zero attached hydrogens (tertiary/aromatic N) is 1. The number of anilines is 1. The van der Waals surface area contributed by atoms with Crippen LogP contribution < -0.4 is 10.6 Å². The van der Waals surface area contributed by atoms with Crippen molar-refractivity contribution in [3.63, 3.8) is 0 Å². The molecular formula is C42H69N3O17. The maximum atomic E-state index is 13.2. The molecule has 2 heterocycles. The van der Waals surface area contributed by atoms with Crippen molar-refractivity contribution in [1.29, 1.82) is 0 Å². The van der Waals surface area contributed by atoms with Gasteiger partial charge in [0.15, 0.2) is 0 Å². The molecule has 62 heavy (non-hydrogen) atoms. The second-order valence-corrected chi connectivity index (χ2v) is 13.9. The summed E-state index contributed by atoms with van der Waals surface area (Å²) in [4.78, 5) is 50.9. The number of amides is 4. The highest BCUT2D eigenvalue weighted by Gasteiger charge is 2.45. The first kappa shape index (κ1) is 53.1. The van der Waals surface area contributed by atoms with Crippen molar-refractivity contribution < 1.29 is 80.8 Å². The molecule has 20 nitrogen and oxygen atoms in total. The van der Waals surface area contributed by atoms with Gasteiger partial charge in [0.05, 0.1) is 182 Å². The van der Waals surface area contributed by atoms with Crippen LogP contribution in [0.1, 0.15) is 47.4 Å². The van der Waals surface area contributed by atoms with Gasteiger partial charge in [0.25, 0.3) is 11.8 Å². The standard InChI is InChI=1S/C42H69N3O17/c1-34(2)62-33-32-61-31-30-60-29-28-59-27-26-58-25-24-57-23-22-56-21-20-55-19-18-54-17-16-53-15-14-52-13-12-51-11-10-50-9-8-43-36-5-3-4-35-39(36)42(49)45(41(35)48)37-6-7-38(46)44-40(37)47/h3-5,34,37,43H,6-33H2,1-2H3,(H,44,46,47). The molecule has 0 bridgehead atoms. The van der Waals surface area contributed by atoms with Gasteiger partial charge in [-0.1, -0.05) is 6.07 Å². The lowest BCUT2D eigenvalue weighted by molar-refractivity contribution is -0.136. The molecule has 354 valence electrons. The molecule has 0 aliphatic carbocycles. The van der Waals surface area contributed by atoms with Crippen molar-refractivity contribution in [2.24, 2.45) is 0 Å². The molecule has 1 fully saturated rings. The average Bonchev–Trinajstić information content (AvgIpc) is 3.51. The van der Waals surface area contributed by atoms with Gasteiger partial charge in [0, 0.05) is 18.7 Å². The number of hydrogen-bond acceptors (Lipinski definition) is 18. The van der Waals surface area contributed by atoms with Gasteiger partial charge in [-0.15, -0.1) is 0 Å². The summed E-state index contributed by atoms with van der Waals surface area (Å²) < 4.78 is 71.3. The highest BCUT2D eigenvalue weighted by atomic mass is 16.6. The maximum Gasteiger partial charge on any atom is 0.264 e. The molecule has 20 heteroatoms. The number of hydrogen-bond donors (Lipinski definition) is 2. The summed E-state index contributed by atoms with van der Waals surface area (Å²) >= 11 is 0. The zero-order valence-electron chi connectivity index (χ0n) is 36.6. The highest BCUT2D eigenvalue weighted by molar-refractivity contribution is 6.25. The molecule has 4 amide bonds. The third-order valence-electron chi connectivity index (χ3n) is 8.80. The summed E-state index contributed by atoms with van der Waals surface area (Å²) in [5, 5.41) is 5.33. The number of carbonyl (C=O) groups excluding carboxylic acids is 4. The third-order valence-corrected chi connectivity index (χ3v) is 8.80. The number of nitrogens with one attached hydrogen (secondary N) is 2. The Morgan fingerprint density at radius 1 is 0.532 bits per heavy atom. The van der Waals surface area contributed by atoms with Gasteiger partial charge in [-0.2, -0.15) is 0 Å². The van der Waals surface area contributed by atoms with Crippen LogP contribution in [0.5, 0.6) is 0 Å². The fourth-order valence-electron chi connectivity index (χ4n) is 5.78. The van der Waals surface area contributed by atoms with Crippen molar-refractivity contribution in [3.05, 3.63) is 29.3 Å². The Kier molecular flexibility index (Phi) is 30.1. The zero-order valence-corrected chi connectivity index (χ0v) is 36.6. The Balaban J connectivity index is 0.964. The summed E-state index contributed by atoms with van der Waals surface area (Å²) in [5.41, 5.74) is 0.902. The van der Waals surface area contributed by atoms with Crippen molar-refractivity contribution in [3.8, 4) is 0 Å². The van der Waals surface area contributed by atoms with E-state index in [4.69, 9.17) is 61.6 Å². The van der Waals surface area contributed by atoms with Crippen LogP contribution in [0.3, 0.4) is 0 Å². The lowest BCUT2D eigenvalue weighted by Crippen LogP contribution is -2.54. The van der Waals surface area contributed by atoms with Crippen molar-refractivity contribution in [1.82, 2.24) is 10.2 Å². The van der Waals surface area contributed by atoms with Crippen LogP contribution in [0.4, 0.5) is 5.69 Å². The number of carbonyl (C=O) groups is 4. The zero-order chi connectivity index (χ0) is 44.3. The van der Waals surface area contributed by atoms with E-state index in [-0.39, 0.29) is 30.1 Å². The minimum Gasteiger partial charge on any atom is -0.382 e. The van der Waals surface area contributed by atoms with Crippen LogP contribution in [0, 0.1) is 0 Å². The molecule has 1 atom stereocenters. The van der Waals surface area contributed by atoms with Gasteiger partial charge < -0.3 is 66.9 Å². The average molecular weight is 888 g/mol. The second kappa shape index (κ2) is 35.2. The predicted octanol–water partition coefficient (Wildman–Crippen LogP) is 1.12. The van der Waals surface area contributed by atoms with E-state index in [1.165, 1.54) is 0 Å². The largest absolute Gasteiger partial charge is 0.382 e. The molecule has 1 aromatic carbocycles. The van der Waals surface area contributed by atoms with Gasteiger partial charge in [0.1, 0.15) is 6.04 Å². The van der Waals surface area contributed by atoms with Gasteiger partial charge in [-0.05, 0) is 32.4 Å². The molecule has 1 unspecified atom stereocenters. The first-order valence-electron chi connectivity index (χ1n) is 21.5. The van der Waals surface area contributed by atoms with Gasteiger partial charge in [-0.3, -0.25) is 29.4 Å². The topological polar surface area (TPSA) is 216 Å². The summed E-state index contributed by atoms with van der Waals surface area (Å²) in [6, 6.07) is 3.90. The maximum absolute atomic E-state index is 13.2. The third kappa shape index (κ3) is 23.5. The summed E-state index contributed by atoms with van der Waals surface area (Å²) in [6.07, 6.45) is 0.384. The van der Waals surface area contributed by atoms with E-state index < -0.39 is 29.7 Å². The highest BCUT2D eigenvalue weighted by Crippen LogP contribution is 2.32. The monoisotopic (exact) mass is 887 g/mol. The SMILES string of the molecule is CC(C)OCCOCCOCCOCCOCCOCCOCCOCCOCCOCCOCCOCCOCCNc1cccc2c1C(=O)N(C1CCC(=O)NC1=O)C2=O. The minimum atomic E-state index is -1.01. The van der Waals surface area contributed by atoms with E-state index in [9.17, 15) is 19.2 Å². The number of rotatable bonds is 42. The molecule has 1 saturated heterocycles. The molecule has 0 radical (unpaired) electrons. The second-order valence-electron chi connectivity index (χ2n) is 13.9. The first-order valence-corrected chi connectivity index (χ1v) is 21.5. The van der Waals surface area contributed by atoms with E-state index in [1.807, 2.05) is 13.8 Å². The fourth-order valence-corrected chi connectivity index (χ4v) is 5.78. The number of imide groups is 2. The van der Waals surface area contributed by atoms with Crippen LogP contribution in [-0.2, 0) is 71.2 Å². The summed E-state index contributed by atoms with van der Waals surface area (Å²) in [5.74, 6) is -2.17. The minimum absolute atomic E-state index is 0.0637. The normalized spacial score (nSPS) is 15.3. The molecule has 0 spiro atoms. The van der Waals surface area contributed by atoms with E-state index in [0.29, 0.717) is 177 Å². The number of fused-ring (bicyclic) bond motifs is 1. The number of ether oxygens (including phenoxy) is 13. The van der Waals surface area contributed by atoms with Crippen molar-refractivity contribution >= 4 is 29.3 Å². The molecule has 2 aliphatic rings. The molecule has 3 rings (SSSR count). The number of piperidine rings is 1. The van der Waals surface area contributed by atoms with Crippen molar-refractivity contribution in [2.75, 3.05) is 177 Å². The fraction of sp³-hybridized carbons (Fsp3) is 0.762. The van der Waals surface area contributed by atoms with Crippen LogP contribution in [0.25, 0.3) is 0 Å². The Morgan fingerprint density at radius 3 is 1.27 bits per heavy atom. The first-order chi connectivity index (χ1) is 30.4. The quantitative estimate of drug-likeness (QED) is 0.0695. The molecule has 0 saturated carbocycles. The predicted molar refractivity (Wildman–Crippen MR) is 223 cm³/mol. The van der Waals surface area contributed by atoms with Crippen LogP contribution >= 0.6 is 0 Å². The summed E-state index contributed by atoms with van der Waals surface area (Å²) in [7, 11) is 0.